The van der Waals surface area contributed by atoms with Crippen LogP contribution in [-0.4, -0.2) is 33.4 Å². The van der Waals surface area contributed by atoms with Gasteiger partial charge >= 0.3 is 0 Å². The molecule has 3 nitrogen and oxygen atoms in total. The summed E-state index contributed by atoms with van der Waals surface area (Å²) in [6.07, 6.45) is 1.07. The topological polar surface area (TPSA) is 24.5 Å². The molecule has 1 unspecified atom stereocenters. The van der Waals surface area contributed by atoms with Gasteiger partial charge in [-0.1, -0.05) is 19.1 Å². The lowest BCUT2D eigenvalue weighted by molar-refractivity contribution is 0.183. The fourth-order valence-corrected chi connectivity index (χ4v) is 2.07. The van der Waals surface area contributed by atoms with E-state index in [1.54, 1.807) is 13.2 Å². The summed E-state index contributed by atoms with van der Waals surface area (Å²) in [6, 6.07) is 5.37. The molecule has 0 aliphatic rings. The molecule has 1 aromatic rings. The van der Waals surface area contributed by atoms with E-state index in [9.17, 15) is 4.39 Å². The maximum Gasteiger partial charge on any atom is 0.146 e. The van der Waals surface area contributed by atoms with Crippen molar-refractivity contribution in [3.05, 3.63) is 29.6 Å². The Kier molecular flexibility index (Phi) is 6.81. The van der Waals surface area contributed by atoms with Crippen molar-refractivity contribution in [2.24, 2.45) is 0 Å². The highest BCUT2D eigenvalue weighted by Crippen LogP contribution is 2.25. The van der Waals surface area contributed by atoms with E-state index in [0.29, 0.717) is 18.8 Å². The average molecular weight is 268 g/mol. The zero-order chi connectivity index (χ0) is 14.3. The molecular weight excluding hydrogens is 243 g/mol. The molecule has 108 valence electrons. The molecule has 0 saturated carbocycles. The van der Waals surface area contributed by atoms with E-state index in [-0.39, 0.29) is 11.9 Å². The number of methoxy groups -OCH3 is 1. The number of hydrogen-bond donors (Lipinski definition) is 1. The molecule has 0 saturated heterocycles. The monoisotopic (exact) mass is 268 g/mol. The van der Waals surface area contributed by atoms with E-state index >= 15 is 0 Å². The zero-order valence-corrected chi connectivity index (χ0v) is 12.4. The second kappa shape index (κ2) is 8.12. The van der Waals surface area contributed by atoms with Crippen molar-refractivity contribution < 1.29 is 9.13 Å². The number of likely N-dealkylation sites (N-methyl/N-ethyl adjacent to an activating group) is 1. The third kappa shape index (κ3) is 4.48. The second-order valence-corrected chi connectivity index (χ2v) is 4.84. The fraction of sp³-hybridized carbons (Fsp3) is 0.600. The molecule has 0 fully saturated rings. The minimum Gasteiger partial charge on any atom is -0.383 e. The van der Waals surface area contributed by atoms with Crippen LogP contribution in [0, 0.1) is 5.82 Å². The Morgan fingerprint density at radius 3 is 2.79 bits per heavy atom. The quantitative estimate of drug-likeness (QED) is 0.734. The van der Waals surface area contributed by atoms with Crippen LogP contribution in [0.4, 0.5) is 10.1 Å². The summed E-state index contributed by atoms with van der Waals surface area (Å²) in [5, 5.41) is 3.32. The van der Waals surface area contributed by atoms with Crippen molar-refractivity contribution in [1.82, 2.24) is 5.32 Å². The van der Waals surface area contributed by atoms with Gasteiger partial charge in [0, 0.05) is 26.7 Å². The van der Waals surface area contributed by atoms with E-state index in [1.165, 1.54) is 6.07 Å². The van der Waals surface area contributed by atoms with Gasteiger partial charge in [-0.25, -0.2) is 4.39 Å². The van der Waals surface area contributed by atoms with Crippen LogP contribution in [0.25, 0.3) is 0 Å². The van der Waals surface area contributed by atoms with Crippen molar-refractivity contribution >= 4 is 5.69 Å². The molecular formula is C15H25FN2O. The van der Waals surface area contributed by atoms with Gasteiger partial charge in [0.1, 0.15) is 5.82 Å². The van der Waals surface area contributed by atoms with E-state index in [2.05, 4.69) is 12.2 Å². The fourth-order valence-electron chi connectivity index (χ4n) is 2.07. The highest BCUT2D eigenvalue weighted by atomic mass is 19.1. The number of halogens is 1. The van der Waals surface area contributed by atoms with E-state index in [1.807, 2.05) is 24.9 Å². The first kappa shape index (κ1) is 15.9. The first-order chi connectivity index (χ1) is 9.11. The van der Waals surface area contributed by atoms with Gasteiger partial charge in [-0.15, -0.1) is 0 Å². The van der Waals surface area contributed by atoms with E-state index < -0.39 is 0 Å². The number of nitrogens with zero attached hydrogens (tertiary/aromatic N) is 1. The first-order valence-corrected chi connectivity index (χ1v) is 6.81. The summed E-state index contributed by atoms with van der Waals surface area (Å²) in [5.74, 6) is -0.179. The molecule has 19 heavy (non-hydrogen) atoms. The number of nitrogens with one attached hydrogen (secondary N) is 1. The molecule has 1 N–H and O–H groups in total. The van der Waals surface area contributed by atoms with Crippen LogP contribution in [-0.2, 0) is 11.3 Å². The maximum atomic E-state index is 14.1. The molecule has 1 rings (SSSR count). The number of ether oxygens (including phenoxy) is 1. The summed E-state index contributed by atoms with van der Waals surface area (Å²) < 4.78 is 19.2. The van der Waals surface area contributed by atoms with Crippen LogP contribution in [0.5, 0.6) is 0 Å². The number of rotatable bonds is 8. The predicted molar refractivity (Wildman–Crippen MR) is 78.1 cm³/mol. The molecule has 0 bridgehead atoms. The summed E-state index contributed by atoms with van der Waals surface area (Å²) in [4.78, 5) is 1.95. The lowest BCUT2D eigenvalue weighted by Gasteiger charge is -2.29. The van der Waals surface area contributed by atoms with Gasteiger partial charge in [0.15, 0.2) is 0 Å². The molecule has 0 amide bonds. The molecule has 0 aliphatic carbocycles. The van der Waals surface area contributed by atoms with Crippen LogP contribution >= 0.6 is 0 Å². The number of hydrogen-bond acceptors (Lipinski definition) is 3. The Bertz CT molecular complexity index is 384. The third-order valence-corrected chi connectivity index (χ3v) is 3.23. The Hall–Kier alpha value is -1.13. The predicted octanol–water partition coefficient (Wildman–Crippen LogP) is 2.80. The van der Waals surface area contributed by atoms with Crippen molar-refractivity contribution in [3.63, 3.8) is 0 Å². The van der Waals surface area contributed by atoms with Gasteiger partial charge in [0.05, 0.1) is 12.3 Å². The molecule has 1 atom stereocenters. The zero-order valence-electron chi connectivity index (χ0n) is 12.4. The lowest BCUT2D eigenvalue weighted by Crippen LogP contribution is -2.34. The summed E-state index contributed by atoms with van der Waals surface area (Å²) in [5.41, 5.74) is 1.65. The van der Waals surface area contributed by atoms with Crippen molar-refractivity contribution in [2.45, 2.75) is 32.9 Å². The summed E-state index contributed by atoms with van der Waals surface area (Å²) in [6.45, 7) is 6.34. The Labute approximate surface area is 115 Å². The highest BCUT2D eigenvalue weighted by Gasteiger charge is 2.17. The third-order valence-electron chi connectivity index (χ3n) is 3.23. The Morgan fingerprint density at radius 2 is 2.16 bits per heavy atom. The molecule has 0 aliphatic heterocycles. The molecule has 0 aromatic heterocycles. The molecule has 0 radical (unpaired) electrons. The van der Waals surface area contributed by atoms with Gasteiger partial charge in [-0.3, -0.25) is 0 Å². The van der Waals surface area contributed by atoms with Crippen LogP contribution in [0.1, 0.15) is 25.8 Å². The molecule has 0 heterocycles. The first-order valence-electron chi connectivity index (χ1n) is 6.81. The normalized spacial score (nSPS) is 12.5. The maximum absolute atomic E-state index is 14.1. The standard InChI is InChI=1S/C15H25FN2O/c1-5-9-17-10-13-7-6-8-14(16)15(13)18(3)12(2)11-19-4/h6-8,12,17H,5,9-11H2,1-4H3. The van der Waals surface area contributed by atoms with Crippen molar-refractivity contribution in [2.75, 3.05) is 32.2 Å². The summed E-state index contributed by atoms with van der Waals surface area (Å²) >= 11 is 0. The highest BCUT2D eigenvalue weighted by molar-refractivity contribution is 5.55. The molecule has 0 spiro atoms. The van der Waals surface area contributed by atoms with Crippen LogP contribution in [0.15, 0.2) is 18.2 Å². The smallest absolute Gasteiger partial charge is 0.146 e. The number of anilines is 1. The second-order valence-electron chi connectivity index (χ2n) is 4.84. The van der Waals surface area contributed by atoms with Crippen molar-refractivity contribution in [1.29, 1.82) is 0 Å². The van der Waals surface area contributed by atoms with Gasteiger partial charge in [0.25, 0.3) is 0 Å². The van der Waals surface area contributed by atoms with Gasteiger partial charge in [0.2, 0.25) is 0 Å². The lowest BCUT2D eigenvalue weighted by atomic mass is 10.1. The largest absolute Gasteiger partial charge is 0.383 e. The average Bonchev–Trinajstić information content (AvgIpc) is 2.39. The Balaban J connectivity index is 2.90. The van der Waals surface area contributed by atoms with E-state index in [4.69, 9.17) is 4.74 Å². The molecule has 1 aromatic carbocycles. The molecule has 4 heteroatoms. The van der Waals surface area contributed by atoms with Gasteiger partial charge in [-0.05, 0) is 31.5 Å². The van der Waals surface area contributed by atoms with Gasteiger partial charge in [-0.2, -0.15) is 0 Å². The summed E-state index contributed by atoms with van der Waals surface area (Å²) in [7, 11) is 3.57. The SMILES string of the molecule is CCCNCc1cccc(F)c1N(C)C(C)COC. The minimum atomic E-state index is -0.179. The number of benzene rings is 1. The van der Waals surface area contributed by atoms with Crippen LogP contribution in [0.2, 0.25) is 0 Å². The minimum absolute atomic E-state index is 0.131. The van der Waals surface area contributed by atoms with E-state index in [0.717, 1.165) is 18.5 Å². The van der Waals surface area contributed by atoms with Crippen LogP contribution in [0.3, 0.4) is 0 Å². The van der Waals surface area contributed by atoms with Crippen LogP contribution < -0.4 is 10.2 Å². The number of para-hydroxylation sites is 1. The Morgan fingerprint density at radius 1 is 1.42 bits per heavy atom. The van der Waals surface area contributed by atoms with Gasteiger partial charge < -0.3 is 15.0 Å². The van der Waals surface area contributed by atoms with Crippen molar-refractivity contribution in [3.8, 4) is 0 Å².